The van der Waals surface area contributed by atoms with Crippen LogP contribution in [0.25, 0.3) is 44.1 Å². The third-order valence-corrected chi connectivity index (χ3v) is 9.09. The van der Waals surface area contributed by atoms with Crippen LogP contribution in [0.2, 0.25) is 0 Å². The highest BCUT2D eigenvalue weighted by molar-refractivity contribution is 6.11. The van der Waals surface area contributed by atoms with Crippen molar-refractivity contribution in [2.45, 2.75) is 84.5 Å². The van der Waals surface area contributed by atoms with Gasteiger partial charge >= 0.3 is 0 Å². The summed E-state index contributed by atoms with van der Waals surface area (Å²) >= 11 is 0. The fourth-order valence-corrected chi connectivity index (χ4v) is 7.19. The quantitative estimate of drug-likeness (QED) is 0.254. The van der Waals surface area contributed by atoms with Crippen molar-refractivity contribution in [3.05, 3.63) is 71.0 Å². The molecule has 0 saturated heterocycles. The molecule has 3 heterocycles. The number of fused-ring (bicyclic) bond motifs is 4. The number of aryl methyl sites for hydroxylation is 2. The van der Waals surface area contributed by atoms with E-state index in [-0.39, 0.29) is 0 Å². The highest BCUT2D eigenvalue weighted by Gasteiger charge is 2.33. The Kier molecular flexibility index (Phi) is 5.22. The normalized spacial score (nSPS) is 20.1. The van der Waals surface area contributed by atoms with Crippen molar-refractivity contribution >= 4 is 32.8 Å². The molecule has 37 heavy (non-hydrogen) atoms. The Balaban J connectivity index is 1.52. The fraction of sp³-hybridized carbons (Fsp3) is 0.412. The zero-order valence-corrected chi connectivity index (χ0v) is 22.5. The fourth-order valence-electron chi connectivity index (χ4n) is 7.19. The average Bonchev–Trinajstić information content (AvgIpc) is 3.61. The summed E-state index contributed by atoms with van der Waals surface area (Å²) in [7, 11) is 0. The molecule has 5 aromatic rings. The Morgan fingerprint density at radius 2 is 1.65 bits per heavy atom. The van der Waals surface area contributed by atoms with Crippen LogP contribution in [0.1, 0.15) is 93.1 Å². The van der Waals surface area contributed by atoms with Crippen LogP contribution in [-0.2, 0) is 0 Å². The van der Waals surface area contributed by atoms with Crippen molar-refractivity contribution in [2.24, 2.45) is 5.41 Å². The maximum Gasteiger partial charge on any atom is 0.227 e. The summed E-state index contributed by atoms with van der Waals surface area (Å²) in [6, 6.07) is 18.1. The predicted molar refractivity (Wildman–Crippen MR) is 153 cm³/mol. The van der Waals surface area contributed by atoms with Gasteiger partial charge in [0, 0.05) is 39.0 Å². The molecule has 0 spiro atoms. The predicted octanol–water partition coefficient (Wildman–Crippen LogP) is 9.76. The third-order valence-electron chi connectivity index (χ3n) is 9.09. The molecule has 1 atom stereocenters. The minimum atomic E-state index is 0.416. The molecule has 0 bridgehead atoms. The molecule has 2 aliphatic carbocycles. The van der Waals surface area contributed by atoms with E-state index < -0.39 is 0 Å². The second-order valence-corrected chi connectivity index (χ2v) is 12.5. The van der Waals surface area contributed by atoms with Crippen molar-refractivity contribution < 1.29 is 4.42 Å². The Morgan fingerprint density at radius 1 is 0.811 bits per heavy atom. The zero-order chi connectivity index (χ0) is 25.3. The molecule has 0 aliphatic heterocycles. The molecule has 0 N–H and O–H groups in total. The summed E-state index contributed by atoms with van der Waals surface area (Å²) in [4.78, 5) is 10.2. The van der Waals surface area contributed by atoms with Gasteiger partial charge < -0.3 is 4.42 Å². The Bertz CT molecular complexity index is 1670. The maximum atomic E-state index is 6.49. The van der Waals surface area contributed by atoms with Crippen LogP contribution in [0.5, 0.6) is 0 Å². The molecule has 3 nitrogen and oxygen atoms in total. The molecule has 1 unspecified atom stereocenters. The molecule has 3 heteroatoms. The minimum Gasteiger partial charge on any atom is -0.437 e. The first kappa shape index (κ1) is 23.0. The molecule has 0 radical (unpaired) electrons. The van der Waals surface area contributed by atoms with Gasteiger partial charge in [0.1, 0.15) is 5.58 Å². The molecular weight excluding hydrogens is 452 g/mol. The van der Waals surface area contributed by atoms with Gasteiger partial charge in [-0.1, -0.05) is 44.9 Å². The molecule has 2 saturated carbocycles. The van der Waals surface area contributed by atoms with E-state index in [0.717, 1.165) is 33.3 Å². The number of benzene rings is 2. The lowest BCUT2D eigenvalue weighted by Crippen LogP contribution is -2.05. The molecule has 188 valence electrons. The summed E-state index contributed by atoms with van der Waals surface area (Å²) in [6.45, 7) is 9.05. The van der Waals surface area contributed by atoms with Crippen molar-refractivity contribution in [1.82, 2.24) is 9.97 Å². The van der Waals surface area contributed by atoms with Crippen LogP contribution in [0.4, 0.5) is 0 Å². The zero-order valence-electron chi connectivity index (χ0n) is 22.5. The number of furan rings is 1. The smallest absolute Gasteiger partial charge is 0.227 e. The van der Waals surface area contributed by atoms with E-state index in [4.69, 9.17) is 14.4 Å². The highest BCUT2D eigenvalue weighted by Crippen LogP contribution is 2.49. The summed E-state index contributed by atoms with van der Waals surface area (Å²) < 4.78 is 6.49. The number of aromatic nitrogens is 2. The number of pyridine rings is 2. The Hall–Kier alpha value is -3.20. The van der Waals surface area contributed by atoms with Crippen molar-refractivity contribution in [3.63, 3.8) is 0 Å². The van der Waals surface area contributed by atoms with E-state index in [2.05, 4.69) is 69.3 Å². The molecule has 2 fully saturated rings. The van der Waals surface area contributed by atoms with Gasteiger partial charge in [-0.2, -0.15) is 0 Å². The topological polar surface area (TPSA) is 38.9 Å². The van der Waals surface area contributed by atoms with E-state index in [9.17, 15) is 0 Å². The van der Waals surface area contributed by atoms with E-state index >= 15 is 0 Å². The van der Waals surface area contributed by atoms with Crippen molar-refractivity contribution in [3.8, 4) is 11.3 Å². The van der Waals surface area contributed by atoms with Gasteiger partial charge in [-0.05, 0) is 104 Å². The first-order valence-electron chi connectivity index (χ1n) is 14.1. The van der Waals surface area contributed by atoms with Gasteiger partial charge in [-0.3, -0.25) is 4.98 Å². The van der Waals surface area contributed by atoms with Gasteiger partial charge in [0.25, 0.3) is 0 Å². The maximum absolute atomic E-state index is 6.49. The van der Waals surface area contributed by atoms with Crippen molar-refractivity contribution in [2.75, 3.05) is 0 Å². The van der Waals surface area contributed by atoms with Gasteiger partial charge in [0.05, 0.1) is 5.69 Å². The summed E-state index contributed by atoms with van der Waals surface area (Å²) in [5.74, 6) is 1.16. The van der Waals surface area contributed by atoms with Gasteiger partial charge in [0.2, 0.25) is 5.71 Å². The second kappa shape index (κ2) is 8.41. The number of rotatable bonds is 3. The van der Waals surface area contributed by atoms with E-state index in [0.29, 0.717) is 23.0 Å². The van der Waals surface area contributed by atoms with Crippen molar-refractivity contribution in [1.29, 1.82) is 0 Å². The molecule has 2 aliphatic rings. The van der Waals surface area contributed by atoms with E-state index in [1.807, 2.05) is 6.92 Å². The van der Waals surface area contributed by atoms with Crippen LogP contribution >= 0.6 is 0 Å². The Morgan fingerprint density at radius 3 is 2.43 bits per heavy atom. The second-order valence-electron chi connectivity index (χ2n) is 12.5. The lowest BCUT2D eigenvalue weighted by molar-refractivity contribution is 0.376. The number of hydrogen-bond acceptors (Lipinski definition) is 3. The monoisotopic (exact) mass is 488 g/mol. The minimum absolute atomic E-state index is 0.416. The van der Waals surface area contributed by atoms with Crippen LogP contribution < -0.4 is 0 Å². The molecular formula is C34H36N2O. The Labute approximate surface area is 219 Å². The molecule has 0 amide bonds. The van der Waals surface area contributed by atoms with Crippen LogP contribution in [0.15, 0.2) is 52.9 Å². The van der Waals surface area contributed by atoms with Crippen LogP contribution in [0.3, 0.4) is 0 Å². The van der Waals surface area contributed by atoms with E-state index in [1.165, 1.54) is 72.5 Å². The number of hydrogen-bond donors (Lipinski definition) is 0. The lowest BCUT2D eigenvalue weighted by Gasteiger charge is -2.20. The summed E-state index contributed by atoms with van der Waals surface area (Å²) in [5.41, 5.74) is 9.18. The lowest BCUT2D eigenvalue weighted by atomic mass is 9.86. The molecule has 3 aromatic heterocycles. The van der Waals surface area contributed by atoms with Gasteiger partial charge in [-0.25, -0.2) is 4.98 Å². The molecule has 7 rings (SSSR count). The van der Waals surface area contributed by atoms with Crippen LogP contribution in [0, 0.1) is 19.3 Å². The SMILES string of the molecule is Cc1cc(-c2nc(C3CCCC3)cc3c(C4CCC(C)(C)C4)cccc23)c2oc3nc(C)ccc3c2c1. The van der Waals surface area contributed by atoms with Crippen LogP contribution in [-0.4, -0.2) is 9.97 Å². The third kappa shape index (κ3) is 3.86. The average molecular weight is 489 g/mol. The first-order chi connectivity index (χ1) is 17.9. The molecule has 2 aromatic carbocycles. The number of nitrogens with zero attached hydrogens (tertiary/aromatic N) is 2. The first-order valence-corrected chi connectivity index (χ1v) is 14.1. The standard InChI is InChI=1S/C34H36N2O/c1-20-16-28-26-13-12-21(2)35-33(26)37-32(28)29(17-20)31-25-11-7-10-24(23-14-15-34(3,4)19-23)27(25)18-30(36-31)22-8-5-6-9-22/h7,10-13,16-18,22-23H,5-6,8-9,14-15,19H2,1-4H3. The van der Waals surface area contributed by atoms with Gasteiger partial charge in [-0.15, -0.1) is 0 Å². The summed E-state index contributed by atoms with van der Waals surface area (Å²) in [5, 5.41) is 4.86. The largest absolute Gasteiger partial charge is 0.437 e. The van der Waals surface area contributed by atoms with Gasteiger partial charge in [0.15, 0.2) is 0 Å². The summed E-state index contributed by atoms with van der Waals surface area (Å²) in [6.07, 6.45) is 8.92. The highest BCUT2D eigenvalue weighted by atomic mass is 16.3. The van der Waals surface area contributed by atoms with E-state index in [1.54, 1.807) is 0 Å².